The number of halogens is 4. The normalized spacial score (nSPS) is 18.1. The van der Waals surface area contributed by atoms with Gasteiger partial charge in [0.05, 0.1) is 19.2 Å². The molecule has 2 aliphatic rings. The molecule has 1 amide bonds. The van der Waals surface area contributed by atoms with Crippen LogP contribution in [0, 0.1) is 5.82 Å². The van der Waals surface area contributed by atoms with E-state index in [0.29, 0.717) is 24.2 Å². The van der Waals surface area contributed by atoms with Crippen molar-refractivity contribution >= 4 is 11.7 Å². The van der Waals surface area contributed by atoms with Crippen molar-refractivity contribution in [3.05, 3.63) is 70.6 Å². The van der Waals surface area contributed by atoms with Gasteiger partial charge in [-0.25, -0.2) is 4.39 Å². The fraction of sp³-hybridized carbons (Fsp3) is 0.273. The van der Waals surface area contributed by atoms with Crippen molar-refractivity contribution in [2.75, 3.05) is 13.7 Å². The van der Waals surface area contributed by atoms with Crippen LogP contribution in [0.2, 0.25) is 0 Å². The molecule has 0 saturated carbocycles. The number of nitrogens with one attached hydrogen (secondary N) is 1. The minimum absolute atomic E-state index is 0.137. The number of fused-ring (bicyclic) bond motifs is 1. The van der Waals surface area contributed by atoms with Gasteiger partial charge in [-0.2, -0.15) is 13.2 Å². The second kappa shape index (κ2) is 8.05. The number of carbonyl (C=O) groups is 1. The summed E-state index contributed by atoms with van der Waals surface area (Å²) in [5.74, 6) is -0.550. The molecule has 162 valence electrons. The number of nitrogens with zero attached hydrogens (tertiary/aromatic N) is 1. The number of hydrogen-bond donors (Lipinski definition) is 1. The molecule has 0 radical (unpaired) electrons. The Morgan fingerprint density at radius 3 is 2.74 bits per heavy atom. The fourth-order valence-electron chi connectivity index (χ4n) is 3.70. The molecule has 2 aliphatic heterocycles. The predicted molar refractivity (Wildman–Crippen MR) is 105 cm³/mol. The van der Waals surface area contributed by atoms with Crippen molar-refractivity contribution in [1.82, 2.24) is 5.32 Å². The summed E-state index contributed by atoms with van der Waals surface area (Å²) >= 11 is 0. The summed E-state index contributed by atoms with van der Waals surface area (Å²) in [4.78, 5) is 16.3. The van der Waals surface area contributed by atoms with Crippen molar-refractivity contribution in [2.24, 2.45) is 4.99 Å². The van der Waals surface area contributed by atoms with Crippen molar-refractivity contribution in [2.45, 2.75) is 25.1 Å². The Morgan fingerprint density at radius 2 is 2.00 bits per heavy atom. The van der Waals surface area contributed by atoms with E-state index in [1.54, 1.807) is 18.2 Å². The van der Waals surface area contributed by atoms with E-state index in [-0.39, 0.29) is 29.6 Å². The molecule has 0 spiro atoms. The number of piperidine rings is 1. The molecule has 0 aromatic heterocycles. The first kappa shape index (κ1) is 20.9. The zero-order valence-electron chi connectivity index (χ0n) is 16.4. The highest BCUT2D eigenvalue weighted by Gasteiger charge is 2.35. The summed E-state index contributed by atoms with van der Waals surface area (Å²) in [6, 6.07) is 8.10. The Balaban J connectivity index is 1.56. The van der Waals surface area contributed by atoms with Gasteiger partial charge in [0, 0.05) is 23.5 Å². The summed E-state index contributed by atoms with van der Waals surface area (Å²) in [7, 11) is 1.42. The fourth-order valence-corrected chi connectivity index (χ4v) is 3.70. The average Bonchev–Trinajstić information content (AvgIpc) is 3.19. The number of methoxy groups -OCH3 is 1. The van der Waals surface area contributed by atoms with E-state index in [1.807, 2.05) is 6.08 Å². The third-order valence-corrected chi connectivity index (χ3v) is 5.21. The first-order valence-electron chi connectivity index (χ1n) is 9.48. The molecule has 0 bridgehead atoms. The second-order valence-corrected chi connectivity index (χ2v) is 7.13. The van der Waals surface area contributed by atoms with Crippen molar-refractivity contribution in [3.8, 4) is 11.5 Å². The lowest BCUT2D eigenvalue weighted by atomic mass is 9.85. The first-order chi connectivity index (χ1) is 14.8. The number of amidine groups is 1. The summed E-state index contributed by atoms with van der Waals surface area (Å²) in [6.45, 7) is 0.0988. The molecule has 1 saturated heterocycles. The van der Waals surface area contributed by atoms with Gasteiger partial charge in [-0.15, -0.1) is 0 Å². The maximum atomic E-state index is 14.2. The van der Waals surface area contributed by atoms with E-state index in [2.05, 4.69) is 10.3 Å². The summed E-state index contributed by atoms with van der Waals surface area (Å²) < 4.78 is 63.9. The van der Waals surface area contributed by atoms with E-state index >= 15 is 0 Å². The molecular weight excluding hydrogens is 416 g/mol. The van der Waals surface area contributed by atoms with E-state index in [1.165, 1.54) is 13.2 Å². The molecule has 2 heterocycles. The molecule has 2 aromatic rings. The van der Waals surface area contributed by atoms with Crippen LogP contribution < -0.4 is 14.8 Å². The van der Waals surface area contributed by atoms with Crippen LogP contribution in [0.3, 0.4) is 0 Å². The zero-order valence-corrected chi connectivity index (χ0v) is 16.4. The van der Waals surface area contributed by atoms with Crippen LogP contribution in [0.25, 0.3) is 0 Å². The molecule has 1 fully saturated rings. The Labute approximate surface area is 175 Å². The Kier molecular flexibility index (Phi) is 5.43. The number of amides is 1. The number of alkyl halides is 3. The number of rotatable bonds is 5. The standard InChI is InChI=1S/C22H18F4N2O3/c1-30-18-9-12(15-10-19(29)28-21-14(15)7-8-27-21)5-6-17(18)31-11-13-3-2-4-16(20(13)23)22(24,25)26/h2-7,9,15H,8,10-11H2,1H3,(H,27,28,29). The second-order valence-electron chi connectivity index (χ2n) is 7.13. The van der Waals surface area contributed by atoms with Gasteiger partial charge in [0.25, 0.3) is 0 Å². The van der Waals surface area contributed by atoms with Gasteiger partial charge in [0.1, 0.15) is 18.3 Å². The van der Waals surface area contributed by atoms with Crippen molar-refractivity contribution < 1.29 is 31.8 Å². The van der Waals surface area contributed by atoms with Gasteiger partial charge in [0.15, 0.2) is 11.5 Å². The number of aliphatic imine (C=N–C) groups is 1. The van der Waals surface area contributed by atoms with E-state index in [0.717, 1.165) is 17.2 Å². The van der Waals surface area contributed by atoms with Gasteiger partial charge < -0.3 is 14.8 Å². The Morgan fingerprint density at radius 1 is 1.19 bits per heavy atom. The summed E-state index contributed by atoms with van der Waals surface area (Å²) in [5, 5.41) is 2.75. The zero-order chi connectivity index (χ0) is 22.2. The minimum atomic E-state index is -4.79. The molecule has 31 heavy (non-hydrogen) atoms. The lowest BCUT2D eigenvalue weighted by molar-refractivity contribution is -0.140. The van der Waals surface area contributed by atoms with Crippen LogP contribution in [0.15, 0.2) is 53.0 Å². The van der Waals surface area contributed by atoms with Crippen molar-refractivity contribution in [3.63, 3.8) is 0 Å². The highest BCUT2D eigenvalue weighted by Crippen LogP contribution is 2.38. The van der Waals surface area contributed by atoms with Gasteiger partial charge in [0.2, 0.25) is 5.91 Å². The van der Waals surface area contributed by atoms with Crippen LogP contribution in [0.4, 0.5) is 17.6 Å². The molecule has 1 unspecified atom stereocenters. The SMILES string of the molecule is COc1cc(C2CC(=O)NC3=NCC=C32)ccc1OCc1cccc(C(F)(F)F)c1F. The third-order valence-electron chi connectivity index (χ3n) is 5.21. The molecular formula is C22H18F4N2O3. The van der Waals surface area contributed by atoms with Gasteiger partial charge in [-0.3, -0.25) is 9.79 Å². The van der Waals surface area contributed by atoms with Gasteiger partial charge in [-0.05, 0) is 23.8 Å². The largest absolute Gasteiger partial charge is 0.493 e. The number of benzene rings is 2. The molecule has 9 heteroatoms. The minimum Gasteiger partial charge on any atom is -0.493 e. The lowest BCUT2D eigenvalue weighted by Crippen LogP contribution is -2.38. The summed E-state index contributed by atoms with van der Waals surface area (Å²) in [5.41, 5.74) is 0.183. The predicted octanol–water partition coefficient (Wildman–Crippen LogP) is 4.37. The maximum absolute atomic E-state index is 14.2. The topological polar surface area (TPSA) is 59.9 Å². The van der Waals surface area contributed by atoms with Crippen LogP contribution in [-0.2, 0) is 17.6 Å². The highest BCUT2D eigenvalue weighted by atomic mass is 19.4. The molecule has 0 aliphatic carbocycles. The monoisotopic (exact) mass is 434 g/mol. The van der Waals surface area contributed by atoms with Gasteiger partial charge in [-0.1, -0.05) is 24.3 Å². The van der Waals surface area contributed by atoms with Crippen LogP contribution >= 0.6 is 0 Å². The van der Waals surface area contributed by atoms with E-state index in [9.17, 15) is 22.4 Å². The van der Waals surface area contributed by atoms with Crippen molar-refractivity contribution in [1.29, 1.82) is 0 Å². The molecule has 1 N–H and O–H groups in total. The molecule has 1 atom stereocenters. The highest BCUT2D eigenvalue weighted by molar-refractivity contribution is 6.12. The molecule has 2 aromatic carbocycles. The third kappa shape index (κ3) is 4.12. The van der Waals surface area contributed by atoms with Crippen LogP contribution in [0.5, 0.6) is 11.5 Å². The summed E-state index contributed by atoms with van der Waals surface area (Å²) in [6.07, 6.45) is -2.58. The Hall–Kier alpha value is -3.36. The smallest absolute Gasteiger partial charge is 0.419 e. The van der Waals surface area contributed by atoms with Gasteiger partial charge >= 0.3 is 6.18 Å². The van der Waals surface area contributed by atoms with E-state index in [4.69, 9.17) is 9.47 Å². The number of carbonyl (C=O) groups excluding carboxylic acids is 1. The van der Waals surface area contributed by atoms with Crippen LogP contribution in [-0.4, -0.2) is 25.4 Å². The average molecular weight is 434 g/mol. The quantitative estimate of drug-likeness (QED) is 0.711. The maximum Gasteiger partial charge on any atom is 0.419 e. The molecule has 4 rings (SSSR count). The molecule has 5 nitrogen and oxygen atoms in total. The van der Waals surface area contributed by atoms with E-state index < -0.39 is 24.2 Å². The number of hydrogen-bond acceptors (Lipinski definition) is 4. The Bertz CT molecular complexity index is 1090. The first-order valence-corrected chi connectivity index (χ1v) is 9.48. The lowest BCUT2D eigenvalue weighted by Gasteiger charge is -2.26. The number of ether oxygens (including phenoxy) is 2. The van der Waals surface area contributed by atoms with Crippen LogP contribution in [0.1, 0.15) is 29.0 Å².